The number of aromatic nitrogens is 2. The van der Waals surface area contributed by atoms with Crippen molar-refractivity contribution in [3.8, 4) is 0 Å². The van der Waals surface area contributed by atoms with E-state index < -0.39 is 0 Å². The minimum Gasteiger partial charge on any atom is -0.362 e. The Morgan fingerprint density at radius 1 is 0.944 bits per heavy atom. The number of aryl methyl sites for hydroxylation is 2. The van der Waals surface area contributed by atoms with E-state index in [9.17, 15) is 0 Å². The molecule has 3 heteroatoms. The van der Waals surface area contributed by atoms with Gasteiger partial charge in [-0.1, -0.05) is 13.8 Å². The van der Waals surface area contributed by atoms with Gasteiger partial charge < -0.3 is 9.32 Å². The first-order valence-corrected chi connectivity index (χ1v) is 8.88. The number of hydrogen-bond donors (Lipinski definition) is 1. The first-order chi connectivity index (χ1) is 8.65. The molecule has 0 fully saturated rings. The normalized spacial score (nSPS) is 11.4. The smallest absolute Gasteiger partial charge is 0.0283 e. The second-order valence-corrected chi connectivity index (χ2v) is 6.96. The highest BCUT2D eigenvalue weighted by Gasteiger charge is 2.11. The van der Waals surface area contributed by atoms with Crippen molar-refractivity contribution in [2.24, 2.45) is 0 Å². The Balaban J connectivity index is 2.25. The fourth-order valence-electron chi connectivity index (χ4n) is 2.43. The molecule has 0 saturated carbocycles. The number of nitrogens with one attached hydrogen (secondary N) is 1. The van der Waals surface area contributed by atoms with Gasteiger partial charge in [0.2, 0.25) is 0 Å². The molecule has 0 aliphatic carbocycles. The van der Waals surface area contributed by atoms with Crippen LogP contribution in [0, 0.1) is 0 Å². The van der Waals surface area contributed by atoms with Crippen molar-refractivity contribution in [1.29, 1.82) is 0 Å². The molecule has 0 aromatic carbocycles. The van der Waals surface area contributed by atoms with Crippen LogP contribution in [0.1, 0.15) is 36.6 Å². The maximum Gasteiger partial charge on any atom is 0.0283 e. The summed E-state index contributed by atoms with van der Waals surface area (Å²) in [5.74, 6) is 0. The van der Waals surface area contributed by atoms with Crippen LogP contribution in [0.4, 0.5) is 0 Å². The van der Waals surface area contributed by atoms with E-state index in [0.29, 0.717) is 0 Å². The summed E-state index contributed by atoms with van der Waals surface area (Å²) >= 11 is 0. The highest BCUT2D eigenvalue weighted by Crippen LogP contribution is 2.33. The summed E-state index contributed by atoms with van der Waals surface area (Å²) in [4.78, 5) is 3.50. The van der Waals surface area contributed by atoms with E-state index in [0.717, 1.165) is 19.3 Å². The molecule has 0 saturated heterocycles. The Morgan fingerprint density at radius 3 is 2.17 bits per heavy atom. The highest BCUT2D eigenvalue weighted by molar-refractivity contribution is 7.54. The first-order valence-electron chi connectivity index (χ1n) is 6.69. The summed E-state index contributed by atoms with van der Waals surface area (Å²) in [7, 11) is -0.0962. The van der Waals surface area contributed by atoms with Crippen LogP contribution in [0.3, 0.4) is 0 Å². The van der Waals surface area contributed by atoms with Crippen molar-refractivity contribution >= 4 is 8.07 Å². The van der Waals surface area contributed by atoms with Crippen LogP contribution in [-0.2, 0) is 19.3 Å². The zero-order valence-corrected chi connectivity index (χ0v) is 12.7. The van der Waals surface area contributed by atoms with Gasteiger partial charge in [-0.25, -0.2) is 0 Å². The monoisotopic (exact) mass is 262 g/mol. The van der Waals surface area contributed by atoms with Crippen LogP contribution in [0.5, 0.6) is 0 Å². The van der Waals surface area contributed by atoms with Crippen molar-refractivity contribution < 1.29 is 0 Å². The minimum absolute atomic E-state index is 0.0962. The van der Waals surface area contributed by atoms with Crippen molar-refractivity contribution in [1.82, 2.24) is 9.32 Å². The second-order valence-electron chi connectivity index (χ2n) is 4.87. The molecule has 1 N–H and O–H groups in total. The second kappa shape index (κ2) is 5.75. The molecule has 2 aromatic heterocycles. The van der Waals surface area contributed by atoms with E-state index in [1.807, 2.05) is 0 Å². The lowest BCUT2D eigenvalue weighted by Gasteiger charge is -2.16. The van der Waals surface area contributed by atoms with Gasteiger partial charge in [-0.3, -0.25) is 0 Å². The third-order valence-corrected chi connectivity index (χ3v) is 4.65. The first kappa shape index (κ1) is 13.4. The Labute approximate surface area is 111 Å². The molecule has 2 nitrogen and oxygen atoms in total. The summed E-state index contributed by atoms with van der Waals surface area (Å²) in [5, 5.41) is 0. The van der Waals surface area contributed by atoms with Gasteiger partial charge in [0.1, 0.15) is 0 Å². The van der Waals surface area contributed by atoms with Crippen LogP contribution in [0.25, 0.3) is 0 Å². The lowest BCUT2D eigenvalue weighted by Crippen LogP contribution is -2.02. The summed E-state index contributed by atoms with van der Waals surface area (Å²) in [6.45, 7) is 9.07. The summed E-state index contributed by atoms with van der Waals surface area (Å²) in [6.07, 6.45) is 3.21. The standard InChI is InChI=1S/C15H23N2P/c1-5-12-7-8-13(16-12)11-15-10-9-14(6-2)17(15)18(3)4/h7-10,16H,5-6,11H2,1-4H3. The fourth-order valence-corrected chi connectivity index (χ4v) is 3.80. The molecule has 0 spiro atoms. The average molecular weight is 262 g/mol. The topological polar surface area (TPSA) is 20.7 Å². The minimum atomic E-state index is -0.0962. The van der Waals surface area contributed by atoms with Crippen molar-refractivity contribution in [2.75, 3.05) is 13.3 Å². The van der Waals surface area contributed by atoms with Crippen LogP contribution >= 0.6 is 8.07 Å². The van der Waals surface area contributed by atoms with Crippen LogP contribution in [0.2, 0.25) is 0 Å². The lowest BCUT2D eigenvalue weighted by molar-refractivity contribution is 0.934. The van der Waals surface area contributed by atoms with Crippen LogP contribution < -0.4 is 0 Å². The fraction of sp³-hybridized carbons (Fsp3) is 0.467. The van der Waals surface area contributed by atoms with E-state index in [-0.39, 0.29) is 8.07 Å². The number of aromatic amines is 1. The quantitative estimate of drug-likeness (QED) is 0.785. The Kier molecular flexibility index (Phi) is 4.29. The number of hydrogen-bond acceptors (Lipinski definition) is 0. The molecule has 0 aliphatic heterocycles. The molecule has 98 valence electrons. The van der Waals surface area contributed by atoms with E-state index in [4.69, 9.17) is 0 Å². The van der Waals surface area contributed by atoms with Gasteiger partial charge in [-0.05, 0) is 58.5 Å². The van der Waals surface area contributed by atoms with Gasteiger partial charge in [-0.2, -0.15) is 0 Å². The Morgan fingerprint density at radius 2 is 1.61 bits per heavy atom. The average Bonchev–Trinajstić information content (AvgIpc) is 2.95. The highest BCUT2D eigenvalue weighted by atomic mass is 31.1. The summed E-state index contributed by atoms with van der Waals surface area (Å²) in [5.41, 5.74) is 5.55. The molecule has 2 aromatic rings. The number of rotatable bonds is 5. The molecule has 0 radical (unpaired) electrons. The number of nitrogens with zero attached hydrogens (tertiary/aromatic N) is 1. The Bertz CT molecular complexity index is 508. The van der Waals surface area contributed by atoms with Gasteiger partial charge in [0, 0.05) is 29.2 Å². The predicted octanol–water partition coefficient (Wildman–Crippen LogP) is 4.04. The van der Waals surface area contributed by atoms with Gasteiger partial charge in [-0.15, -0.1) is 0 Å². The van der Waals surface area contributed by atoms with E-state index in [1.54, 1.807) is 0 Å². The lowest BCUT2D eigenvalue weighted by atomic mass is 10.2. The van der Waals surface area contributed by atoms with E-state index in [2.05, 4.69) is 60.8 Å². The predicted molar refractivity (Wildman–Crippen MR) is 81.0 cm³/mol. The molecule has 2 heterocycles. The number of H-pyrrole nitrogens is 1. The molecule has 18 heavy (non-hydrogen) atoms. The molecule has 0 aliphatic rings. The van der Waals surface area contributed by atoms with Crippen molar-refractivity contribution in [2.45, 2.75) is 33.1 Å². The largest absolute Gasteiger partial charge is 0.362 e. The maximum absolute atomic E-state index is 3.50. The Hall–Kier alpha value is -1.01. The molecule has 2 rings (SSSR count). The van der Waals surface area contributed by atoms with Crippen molar-refractivity contribution in [3.63, 3.8) is 0 Å². The molecular formula is C15H23N2P. The molecule has 0 bridgehead atoms. The van der Waals surface area contributed by atoms with Crippen molar-refractivity contribution in [3.05, 3.63) is 47.0 Å². The third kappa shape index (κ3) is 2.70. The molecular weight excluding hydrogens is 239 g/mol. The van der Waals surface area contributed by atoms with Gasteiger partial charge in [0.15, 0.2) is 0 Å². The molecule has 0 unspecified atom stereocenters. The van der Waals surface area contributed by atoms with E-state index >= 15 is 0 Å². The summed E-state index contributed by atoms with van der Waals surface area (Å²) in [6, 6.07) is 8.98. The third-order valence-electron chi connectivity index (χ3n) is 3.33. The summed E-state index contributed by atoms with van der Waals surface area (Å²) < 4.78 is 2.53. The van der Waals surface area contributed by atoms with Crippen LogP contribution in [-0.4, -0.2) is 22.7 Å². The maximum atomic E-state index is 3.50. The molecule has 0 amide bonds. The SMILES string of the molecule is CCc1ccc(Cc2ccc(CC)n2P(C)C)[nH]1. The zero-order valence-electron chi connectivity index (χ0n) is 11.8. The van der Waals surface area contributed by atoms with Gasteiger partial charge >= 0.3 is 0 Å². The van der Waals surface area contributed by atoms with Gasteiger partial charge in [0.05, 0.1) is 0 Å². The molecule has 0 atom stereocenters. The zero-order chi connectivity index (χ0) is 13.1. The van der Waals surface area contributed by atoms with Gasteiger partial charge in [0.25, 0.3) is 0 Å². The van der Waals surface area contributed by atoms with Crippen LogP contribution in [0.15, 0.2) is 24.3 Å². The van der Waals surface area contributed by atoms with E-state index in [1.165, 1.54) is 22.8 Å².